The molecule has 90 valence electrons. The largest absolute Gasteiger partial charge is 0.488 e. The van der Waals surface area contributed by atoms with Gasteiger partial charge in [0.05, 0.1) is 0 Å². The molecule has 3 rings (SSSR count). The van der Waals surface area contributed by atoms with E-state index in [1.807, 2.05) is 0 Å². The molecule has 0 radical (unpaired) electrons. The predicted molar refractivity (Wildman–Crippen MR) is 75.7 cm³/mol. The quantitative estimate of drug-likeness (QED) is 0.719. The maximum atomic E-state index is 5.83. The molecular weight excluding hydrogens is 220 g/mol. The Kier molecular flexibility index (Phi) is 2.67. The Balaban J connectivity index is 2.00. The summed E-state index contributed by atoms with van der Waals surface area (Å²) in [6.45, 7) is 4.84. The Hall–Kier alpha value is -2.02. The highest BCUT2D eigenvalue weighted by atomic mass is 16.5. The summed E-state index contributed by atoms with van der Waals surface area (Å²) in [6, 6.07) is 14.9. The SMILES string of the molecule is Cc1ccc(C2=Cc3ccc(C)cc3OC2)cc1. The van der Waals surface area contributed by atoms with Crippen molar-refractivity contribution in [2.75, 3.05) is 6.61 Å². The third kappa shape index (κ3) is 2.04. The van der Waals surface area contributed by atoms with Crippen LogP contribution >= 0.6 is 0 Å². The van der Waals surface area contributed by atoms with Gasteiger partial charge in [-0.15, -0.1) is 0 Å². The normalized spacial score (nSPS) is 13.6. The first-order chi connectivity index (χ1) is 8.72. The average Bonchev–Trinajstić information content (AvgIpc) is 2.39. The third-order valence-electron chi connectivity index (χ3n) is 3.30. The third-order valence-corrected chi connectivity index (χ3v) is 3.30. The van der Waals surface area contributed by atoms with E-state index in [0.717, 1.165) is 5.75 Å². The van der Waals surface area contributed by atoms with Crippen molar-refractivity contribution in [3.8, 4) is 5.75 Å². The lowest BCUT2D eigenvalue weighted by molar-refractivity contribution is 0.365. The smallest absolute Gasteiger partial charge is 0.127 e. The molecule has 0 spiro atoms. The van der Waals surface area contributed by atoms with Crippen LogP contribution in [0.2, 0.25) is 0 Å². The second-order valence-electron chi connectivity index (χ2n) is 4.87. The first-order valence-corrected chi connectivity index (χ1v) is 6.23. The van der Waals surface area contributed by atoms with Crippen LogP contribution in [0.3, 0.4) is 0 Å². The summed E-state index contributed by atoms with van der Waals surface area (Å²) in [6.07, 6.45) is 2.23. The topological polar surface area (TPSA) is 9.23 Å². The zero-order valence-corrected chi connectivity index (χ0v) is 10.7. The molecule has 0 fully saturated rings. The zero-order valence-electron chi connectivity index (χ0n) is 10.7. The lowest BCUT2D eigenvalue weighted by Crippen LogP contribution is -2.06. The van der Waals surface area contributed by atoms with Crippen molar-refractivity contribution in [3.63, 3.8) is 0 Å². The number of rotatable bonds is 1. The van der Waals surface area contributed by atoms with Crippen molar-refractivity contribution >= 4 is 11.6 Å². The van der Waals surface area contributed by atoms with E-state index in [1.54, 1.807) is 0 Å². The standard InChI is InChI=1S/C17H16O/c1-12-3-6-14(7-4-12)16-10-15-8-5-13(2)9-17(15)18-11-16/h3-10H,11H2,1-2H3. The van der Waals surface area contributed by atoms with Gasteiger partial charge in [0.25, 0.3) is 0 Å². The van der Waals surface area contributed by atoms with Gasteiger partial charge in [-0.2, -0.15) is 0 Å². The molecule has 0 N–H and O–H groups in total. The summed E-state index contributed by atoms with van der Waals surface area (Å²) >= 11 is 0. The molecule has 0 bridgehead atoms. The molecular formula is C17H16O. The molecule has 1 heterocycles. The van der Waals surface area contributed by atoms with Crippen LogP contribution in [0.1, 0.15) is 22.3 Å². The van der Waals surface area contributed by atoms with Gasteiger partial charge in [-0.1, -0.05) is 42.0 Å². The Labute approximate surface area is 108 Å². The first-order valence-electron chi connectivity index (χ1n) is 6.23. The lowest BCUT2D eigenvalue weighted by Gasteiger charge is -2.18. The van der Waals surface area contributed by atoms with Gasteiger partial charge in [0.15, 0.2) is 0 Å². The highest BCUT2D eigenvalue weighted by Gasteiger charge is 2.12. The molecule has 1 aliphatic heterocycles. The van der Waals surface area contributed by atoms with E-state index < -0.39 is 0 Å². The van der Waals surface area contributed by atoms with Gasteiger partial charge in [0, 0.05) is 5.56 Å². The molecule has 0 amide bonds. The van der Waals surface area contributed by atoms with Crippen LogP contribution in [0.5, 0.6) is 5.75 Å². The Morgan fingerprint density at radius 2 is 1.61 bits per heavy atom. The molecule has 1 nitrogen and oxygen atoms in total. The predicted octanol–water partition coefficient (Wildman–Crippen LogP) is 4.24. The summed E-state index contributed by atoms with van der Waals surface area (Å²) in [7, 11) is 0. The minimum atomic E-state index is 0.652. The van der Waals surface area contributed by atoms with E-state index in [2.05, 4.69) is 62.4 Å². The van der Waals surface area contributed by atoms with Gasteiger partial charge in [0.1, 0.15) is 12.4 Å². The number of hydrogen-bond donors (Lipinski definition) is 0. The Morgan fingerprint density at radius 1 is 0.889 bits per heavy atom. The summed E-state index contributed by atoms with van der Waals surface area (Å²) in [5.41, 5.74) is 6.17. The molecule has 0 atom stereocenters. The van der Waals surface area contributed by atoms with Gasteiger partial charge in [0.2, 0.25) is 0 Å². The fourth-order valence-corrected chi connectivity index (χ4v) is 2.21. The lowest BCUT2D eigenvalue weighted by atomic mass is 9.99. The van der Waals surface area contributed by atoms with Crippen LogP contribution in [-0.4, -0.2) is 6.61 Å². The maximum absolute atomic E-state index is 5.83. The van der Waals surface area contributed by atoms with E-state index in [1.165, 1.54) is 27.8 Å². The Bertz CT molecular complexity index is 606. The van der Waals surface area contributed by atoms with Crippen molar-refractivity contribution < 1.29 is 4.74 Å². The first kappa shape index (κ1) is 11.1. The monoisotopic (exact) mass is 236 g/mol. The van der Waals surface area contributed by atoms with Crippen molar-refractivity contribution in [2.45, 2.75) is 13.8 Å². The van der Waals surface area contributed by atoms with E-state index in [9.17, 15) is 0 Å². The highest BCUT2D eigenvalue weighted by Crippen LogP contribution is 2.31. The second-order valence-corrected chi connectivity index (χ2v) is 4.87. The van der Waals surface area contributed by atoms with E-state index in [0.29, 0.717) is 6.61 Å². The molecule has 0 saturated heterocycles. The van der Waals surface area contributed by atoms with E-state index in [4.69, 9.17) is 4.74 Å². The molecule has 0 aliphatic carbocycles. The molecule has 2 aromatic carbocycles. The van der Waals surface area contributed by atoms with Gasteiger partial charge in [-0.25, -0.2) is 0 Å². The number of benzene rings is 2. The fraction of sp³-hybridized carbons (Fsp3) is 0.176. The van der Waals surface area contributed by atoms with Gasteiger partial charge >= 0.3 is 0 Å². The van der Waals surface area contributed by atoms with Crippen LogP contribution in [0.15, 0.2) is 42.5 Å². The summed E-state index contributed by atoms with van der Waals surface area (Å²) in [5, 5.41) is 0. The second kappa shape index (κ2) is 4.34. The van der Waals surface area contributed by atoms with Crippen molar-refractivity contribution in [3.05, 3.63) is 64.7 Å². The minimum Gasteiger partial charge on any atom is -0.488 e. The molecule has 0 unspecified atom stereocenters. The van der Waals surface area contributed by atoms with Gasteiger partial charge in [-0.05, 0) is 42.7 Å². The molecule has 1 heteroatoms. The van der Waals surface area contributed by atoms with Crippen LogP contribution in [0, 0.1) is 13.8 Å². The number of hydrogen-bond acceptors (Lipinski definition) is 1. The highest BCUT2D eigenvalue weighted by molar-refractivity contribution is 5.85. The Morgan fingerprint density at radius 3 is 2.39 bits per heavy atom. The van der Waals surface area contributed by atoms with Crippen LogP contribution < -0.4 is 4.74 Å². The number of ether oxygens (including phenoxy) is 1. The molecule has 18 heavy (non-hydrogen) atoms. The van der Waals surface area contributed by atoms with E-state index >= 15 is 0 Å². The van der Waals surface area contributed by atoms with Crippen LogP contribution in [0.4, 0.5) is 0 Å². The molecule has 2 aromatic rings. The van der Waals surface area contributed by atoms with E-state index in [-0.39, 0.29) is 0 Å². The van der Waals surface area contributed by atoms with Gasteiger partial charge in [-0.3, -0.25) is 0 Å². The molecule has 0 saturated carbocycles. The summed E-state index contributed by atoms with van der Waals surface area (Å²) < 4.78 is 5.83. The number of aryl methyl sites for hydroxylation is 2. The van der Waals surface area contributed by atoms with Crippen molar-refractivity contribution in [1.82, 2.24) is 0 Å². The molecule has 0 aromatic heterocycles. The van der Waals surface area contributed by atoms with Crippen LogP contribution in [0.25, 0.3) is 11.6 Å². The number of fused-ring (bicyclic) bond motifs is 1. The van der Waals surface area contributed by atoms with Crippen molar-refractivity contribution in [2.24, 2.45) is 0 Å². The summed E-state index contributed by atoms with van der Waals surface area (Å²) in [4.78, 5) is 0. The van der Waals surface area contributed by atoms with Crippen molar-refractivity contribution in [1.29, 1.82) is 0 Å². The van der Waals surface area contributed by atoms with Crippen LogP contribution in [-0.2, 0) is 0 Å². The average molecular weight is 236 g/mol. The minimum absolute atomic E-state index is 0.652. The van der Waals surface area contributed by atoms with Gasteiger partial charge < -0.3 is 4.74 Å². The molecule has 1 aliphatic rings. The summed E-state index contributed by atoms with van der Waals surface area (Å²) in [5.74, 6) is 0.992. The fourth-order valence-electron chi connectivity index (χ4n) is 2.21. The maximum Gasteiger partial charge on any atom is 0.127 e. The zero-order chi connectivity index (χ0) is 12.5.